The molecule has 52 valence electrons. The molecule has 0 fully saturated rings. The van der Waals surface area contributed by atoms with Gasteiger partial charge in [-0.2, -0.15) is 4.79 Å². The first-order valence-electron chi connectivity index (χ1n) is 2.49. The first-order chi connectivity index (χ1) is 4.22. The molecule has 0 saturated heterocycles. The van der Waals surface area contributed by atoms with Crippen molar-refractivity contribution in [2.45, 2.75) is 18.6 Å². The summed E-state index contributed by atoms with van der Waals surface area (Å²) in [5, 5.41) is -0.546. The SMILES string of the molecule is CCC(C=[N+]=[N-])S(=O)O. The van der Waals surface area contributed by atoms with Gasteiger partial charge in [-0.3, -0.25) is 0 Å². The lowest BCUT2D eigenvalue weighted by Crippen LogP contribution is -2.14. The molecule has 0 aromatic rings. The maximum atomic E-state index is 10.2. The molecule has 0 spiro atoms. The molecule has 0 aromatic heterocycles. The van der Waals surface area contributed by atoms with Gasteiger partial charge in [0.1, 0.15) is 0 Å². The van der Waals surface area contributed by atoms with Gasteiger partial charge in [-0.1, -0.05) is 6.92 Å². The largest absolute Gasteiger partial charge is 0.362 e. The minimum atomic E-state index is -1.91. The standard InChI is InChI=1S/C4H8N2O2S/c1-2-4(3-6-5)9(7)8/h3-4H,2H2,1H3,(H,7,8). The summed E-state index contributed by atoms with van der Waals surface area (Å²) in [5.74, 6) is 0. The van der Waals surface area contributed by atoms with Crippen LogP contribution in [0.2, 0.25) is 0 Å². The van der Waals surface area contributed by atoms with Gasteiger partial charge in [-0.05, 0) is 6.42 Å². The van der Waals surface area contributed by atoms with Crippen LogP contribution >= 0.6 is 0 Å². The maximum Gasteiger partial charge on any atom is 0.275 e. The van der Waals surface area contributed by atoms with Crippen molar-refractivity contribution in [3.8, 4) is 0 Å². The van der Waals surface area contributed by atoms with Crippen LogP contribution in [0.25, 0.3) is 5.53 Å². The van der Waals surface area contributed by atoms with Crippen LogP contribution in [0.15, 0.2) is 0 Å². The van der Waals surface area contributed by atoms with Crippen LogP contribution in [-0.4, -0.2) is 25.0 Å². The zero-order valence-corrected chi connectivity index (χ0v) is 5.84. The topological polar surface area (TPSA) is 73.7 Å². The smallest absolute Gasteiger partial charge is 0.275 e. The lowest BCUT2D eigenvalue weighted by molar-refractivity contribution is 0.00114. The van der Waals surface area contributed by atoms with Gasteiger partial charge in [0.2, 0.25) is 0 Å². The first kappa shape index (κ1) is 8.49. The van der Waals surface area contributed by atoms with Crippen LogP contribution in [0.4, 0.5) is 0 Å². The van der Waals surface area contributed by atoms with Gasteiger partial charge in [-0.15, -0.1) is 0 Å². The lowest BCUT2D eigenvalue weighted by Gasteiger charge is -1.94. The van der Waals surface area contributed by atoms with E-state index >= 15 is 0 Å². The van der Waals surface area contributed by atoms with E-state index in [1.54, 1.807) is 6.92 Å². The Kier molecular flexibility index (Phi) is 4.13. The maximum absolute atomic E-state index is 10.2. The molecule has 9 heavy (non-hydrogen) atoms. The molecule has 0 heterocycles. The Hall–Kier alpha value is -0.510. The van der Waals surface area contributed by atoms with E-state index in [0.717, 1.165) is 6.21 Å². The molecule has 0 saturated carbocycles. The van der Waals surface area contributed by atoms with Gasteiger partial charge in [0.15, 0.2) is 16.3 Å². The van der Waals surface area contributed by atoms with Crippen molar-refractivity contribution >= 4 is 17.3 Å². The molecule has 0 aliphatic carbocycles. The van der Waals surface area contributed by atoms with Crippen LogP contribution in [0, 0.1) is 0 Å². The van der Waals surface area contributed by atoms with E-state index in [4.69, 9.17) is 10.1 Å². The Morgan fingerprint density at radius 2 is 2.56 bits per heavy atom. The highest BCUT2D eigenvalue weighted by atomic mass is 32.2. The fourth-order valence-corrected chi connectivity index (χ4v) is 0.818. The van der Waals surface area contributed by atoms with E-state index in [9.17, 15) is 4.21 Å². The van der Waals surface area contributed by atoms with Crippen LogP contribution in [0.1, 0.15) is 13.3 Å². The molecule has 4 nitrogen and oxygen atoms in total. The molecule has 2 atom stereocenters. The van der Waals surface area contributed by atoms with E-state index in [0.29, 0.717) is 6.42 Å². The monoisotopic (exact) mass is 148 g/mol. The van der Waals surface area contributed by atoms with Crippen LogP contribution in [0.5, 0.6) is 0 Å². The zero-order chi connectivity index (χ0) is 7.28. The summed E-state index contributed by atoms with van der Waals surface area (Å²) >= 11 is -1.91. The van der Waals surface area contributed by atoms with E-state index in [-0.39, 0.29) is 0 Å². The molecular formula is C4H8N2O2S. The Labute approximate surface area is 55.8 Å². The van der Waals surface area contributed by atoms with Crippen molar-refractivity contribution < 1.29 is 13.6 Å². The van der Waals surface area contributed by atoms with Crippen molar-refractivity contribution in [3.05, 3.63) is 5.53 Å². The Morgan fingerprint density at radius 1 is 2.00 bits per heavy atom. The van der Waals surface area contributed by atoms with E-state index in [2.05, 4.69) is 4.79 Å². The van der Waals surface area contributed by atoms with Crippen LogP contribution in [0.3, 0.4) is 0 Å². The fraction of sp³-hybridized carbons (Fsp3) is 0.750. The van der Waals surface area contributed by atoms with Crippen molar-refractivity contribution in [1.82, 2.24) is 0 Å². The number of hydrogen-bond donors (Lipinski definition) is 1. The predicted octanol–water partition coefficient (Wildman–Crippen LogP) is 0.287. The lowest BCUT2D eigenvalue weighted by atomic mass is 10.4. The summed E-state index contributed by atoms with van der Waals surface area (Å²) in [4.78, 5) is 2.65. The second-order valence-electron chi connectivity index (χ2n) is 1.49. The normalized spacial score (nSPS) is 15.8. The quantitative estimate of drug-likeness (QED) is 0.270. The second kappa shape index (κ2) is 4.38. The molecule has 0 aromatic carbocycles. The first-order valence-corrected chi connectivity index (χ1v) is 3.66. The van der Waals surface area contributed by atoms with Gasteiger partial charge >= 0.3 is 0 Å². The van der Waals surface area contributed by atoms with Crippen LogP contribution in [-0.2, 0) is 11.1 Å². The second-order valence-corrected chi connectivity index (χ2v) is 2.65. The minimum absolute atomic E-state index is 0.493. The van der Waals surface area contributed by atoms with Crippen molar-refractivity contribution in [1.29, 1.82) is 0 Å². The van der Waals surface area contributed by atoms with Gasteiger partial charge < -0.3 is 10.1 Å². The molecule has 1 N–H and O–H groups in total. The highest BCUT2D eigenvalue weighted by Crippen LogP contribution is 1.93. The van der Waals surface area contributed by atoms with E-state index in [1.807, 2.05) is 0 Å². The third-order valence-electron chi connectivity index (χ3n) is 0.894. The third kappa shape index (κ3) is 3.13. The van der Waals surface area contributed by atoms with E-state index < -0.39 is 16.3 Å². The summed E-state index contributed by atoms with van der Waals surface area (Å²) in [6.07, 6.45) is 1.54. The average Bonchev–Trinajstić information content (AvgIpc) is 1.82. The van der Waals surface area contributed by atoms with Crippen molar-refractivity contribution in [3.63, 3.8) is 0 Å². The molecule has 0 aliphatic heterocycles. The predicted molar refractivity (Wildman–Crippen MR) is 34.5 cm³/mol. The van der Waals surface area contributed by atoms with Gasteiger partial charge in [0, 0.05) is 0 Å². The molecule has 0 rings (SSSR count). The Bertz CT molecular complexity index is 151. The third-order valence-corrected chi connectivity index (χ3v) is 1.87. The molecular weight excluding hydrogens is 140 g/mol. The van der Waals surface area contributed by atoms with E-state index in [1.165, 1.54) is 0 Å². The molecule has 0 amide bonds. The Balaban J connectivity index is 3.98. The highest BCUT2D eigenvalue weighted by molar-refractivity contribution is 7.80. The van der Waals surface area contributed by atoms with Gasteiger partial charge in [0.25, 0.3) is 6.21 Å². The van der Waals surface area contributed by atoms with Crippen molar-refractivity contribution in [2.24, 2.45) is 0 Å². The highest BCUT2D eigenvalue weighted by Gasteiger charge is 2.12. The minimum Gasteiger partial charge on any atom is -0.362 e. The zero-order valence-electron chi connectivity index (χ0n) is 5.02. The summed E-state index contributed by atoms with van der Waals surface area (Å²) < 4.78 is 18.6. The fourth-order valence-electron chi connectivity index (χ4n) is 0.374. The summed E-state index contributed by atoms with van der Waals surface area (Å²) in [7, 11) is 0. The number of nitrogens with zero attached hydrogens (tertiary/aromatic N) is 2. The van der Waals surface area contributed by atoms with Gasteiger partial charge in [-0.25, -0.2) is 4.21 Å². The van der Waals surface area contributed by atoms with Crippen molar-refractivity contribution in [2.75, 3.05) is 0 Å². The summed E-state index contributed by atoms with van der Waals surface area (Å²) in [5.41, 5.74) is 7.94. The average molecular weight is 148 g/mol. The summed E-state index contributed by atoms with van der Waals surface area (Å²) in [6, 6.07) is 0. The molecule has 0 bridgehead atoms. The number of rotatable bonds is 3. The summed E-state index contributed by atoms with van der Waals surface area (Å²) in [6.45, 7) is 1.74. The van der Waals surface area contributed by atoms with Crippen LogP contribution < -0.4 is 0 Å². The van der Waals surface area contributed by atoms with Gasteiger partial charge in [0.05, 0.1) is 0 Å². The molecule has 2 unspecified atom stereocenters. The Morgan fingerprint density at radius 3 is 2.67 bits per heavy atom. The number of hydrogen-bond acceptors (Lipinski definition) is 1. The molecule has 0 aliphatic rings. The molecule has 5 heteroatoms. The molecule has 0 radical (unpaired) electrons.